The molecular formula is C20H19FN4O2. The van der Waals surface area contributed by atoms with Crippen molar-refractivity contribution in [1.82, 2.24) is 9.97 Å². The van der Waals surface area contributed by atoms with Gasteiger partial charge in [0.05, 0.1) is 0 Å². The Hall–Kier alpha value is -3.48. The number of benzene rings is 2. The molecule has 0 aliphatic heterocycles. The highest BCUT2D eigenvalue weighted by Crippen LogP contribution is 2.25. The Morgan fingerprint density at radius 2 is 1.70 bits per heavy atom. The number of primary amides is 1. The molecule has 6 nitrogen and oxygen atoms in total. The molecule has 0 aliphatic rings. The van der Waals surface area contributed by atoms with Crippen LogP contribution in [0.3, 0.4) is 0 Å². The molecule has 0 unspecified atom stereocenters. The van der Waals surface area contributed by atoms with E-state index in [1.807, 2.05) is 6.92 Å². The normalized spacial score (nSPS) is 10.4. The van der Waals surface area contributed by atoms with Gasteiger partial charge in [0.1, 0.15) is 28.8 Å². The number of halogens is 1. The average Bonchev–Trinajstić information content (AvgIpc) is 2.68. The SMILES string of the molecule is CCCNc1cc(C(N)=O)nc(-c2ccc(Oc3ccc(F)cc3)cc2)n1. The minimum absolute atomic E-state index is 0.144. The number of hydrogen-bond donors (Lipinski definition) is 2. The number of nitrogens with one attached hydrogen (secondary N) is 1. The number of rotatable bonds is 7. The van der Waals surface area contributed by atoms with Crippen molar-refractivity contribution in [2.45, 2.75) is 13.3 Å². The maximum Gasteiger partial charge on any atom is 0.267 e. The van der Waals surface area contributed by atoms with Crippen molar-refractivity contribution in [1.29, 1.82) is 0 Å². The van der Waals surface area contributed by atoms with Gasteiger partial charge in [0.15, 0.2) is 5.82 Å². The van der Waals surface area contributed by atoms with Gasteiger partial charge in [0.2, 0.25) is 0 Å². The van der Waals surface area contributed by atoms with E-state index in [0.717, 1.165) is 13.0 Å². The van der Waals surface area contributed by atoms with E-state index in [4.69, 9.17) is 10.5 Å². The molecule has 0 aliphatic carbocycles. The summed E-state index contributed by atoms with van der Waals surface area (Å²) in [5.41, 5.74) is 6.23. The fraction of sp³-hybridized carbons (Fsp3) is 0.150. The monoisotopic (exact) mass is 366 g/mol. The lowest BCUT2D eigenvalue weighted by atomic mass is 10.2. The molecule has 7 heteroatoms. The largest absolute Gasteiger partial charge is 0.457 e. The maximum absolute atomic E-state index is 13.0. The first-order valence-electron chi connectivity index (χ1n) is 8.52. The Balaban J connectivity index is 1.84. The molecule has 138 valence electrons. The summed E-state index contributed by atoms with van der Waals surface area (Å²) in [6.07, 6.45) is 0.917. The van der Waals surface area contributed by atoms with Crippen molar-refractivity contribution < 1.29 is 13.9 Å². The Labute approximate surface area is 156 Å². The first kappa shape index (κ1) is 18.3. The third kappa shape index (κ3) is 4.78. The van der Waals surface area contributed by atoms with Crippen molar-refractivity contribution in [3.63, 3.8) is 0 Å². The van der Waals surface area contributed by atoms with Gasteiger partial charge in [-0.15, -0.1) is 0 Å². The summed E-state index contributed by atoms with van der Waals surface area (Å²) >= 11 is 0. The highest BCUT2D eigenvalue weighted by molar-refractivity contribution is 5.92. The third-order valence-electron chi connectivity index (χ3n) is 3.70. The topological polar surface area (TPSA) is 90.1 Å². The van der Waals surface area contributed by atoms with Crippen LogP contribution in [0.4, 0.5) is 10.2 Å². The van der Waals surface area contributed by atoms with E-state index in [0.29, 0.717) is 28.7 Å². The lowest BCUT2D eigenvalue weighted by Crippen LogP contribution is -2.15. The third-order valence-corrected chi connectivity index (χ3v) is 3.70. The minimum Gasteiger partial charge on any atom is -0.457 e. The van der Waals surface area contributed by atoms with Crippen LogP contribution < -0.4 is 15.8 Å². The molecule has 27 heavy (non-hydrogen) atoms. The maximum atomic E-state index is 13.0. The summed E-state index contributed by atoms with van der Waals surface area (Å²) in [5.74, 6) is 1.11. The summed E-state index contributed by atoms with van der Waals surface area (Å²) < 4.78 is 18.6. The van der Waals surface area contributed by atoms with E-state index < -0.39 is 5.91 Å². The Morgan fingerprint density at radius 3 is 2.30 bits per heavy atom. The summed E-state index contributed by atoms with van der Waals surface area (Å²) in [6, 6.07) is 14.4. The van der Waals surface area contributed by atoms with Crippen LogP contribution >= 0.6 is 0 Å². The molecule has 0 spiro atoms. The predicted molar refractivity (Wildman–Crippen MR) is 101 cm³/mol. The van der Waals surface area contributed by atoms with Gasteiger partial charge in [-0.3, -0.25) is 4.79 Å². The number of amides is 1. The molecule has 1 amide bonds. The molecule has 0 saturated heterocycles. The number of ether oxygens (including phenoxy) is 1. The van der Waals surface area contributed by atoms with Gasteiger partial charge in [-0.25, -0.2) is 14.4 Å². The highest BCUT2D eigenvalue weighted by atomic mass is 19.1. The molecule has 0 radical (unpaired) electrons. The van der Waals surface area contributed by atoms with Gasteiger partial charge in [-0.05, 0) is 55.0 Å². The van der Waals surface area contributed by atoms with Crippen molar-refractivity contribution >= 4 is 11.7 Å². The van der Waals surface area contributed by atoms with Gasteiger partial charge >= 0.3 is 0 Å². The van der Waals surface area contributed by atoms with E-state index in [1.54, 1.807) is 36.4 Å². The van der Waals surface area contributed by atoms with E-state index >= 15 is 0 Å². The highest BCUT2D eigenvalue weighted by Gasteiger charge is 2.11. The molecule has 0 atom stereocenters. The Kier molecular flexibility index (Phi) is 5.61. The van der Waals surface area contributed by atoms with Gasteiger partial charge < -0.3 is 15.8 Å². The number of nitrogens with zero attached hydrogens (tertiary/aromatic N) is 2. The average molecular weight is 366 g/mol. The summed E-state index contributed by atoms with van der Waals surface area (Å²) in [7, 11) is 0. The van der Waals surface area contributed by atoms with Crippen LogP contribution in [0.2, 0.25) is 0 Å². The number of anilines is 1. The van der Waals surface area contributed by atoms with Gasteiger partial charge in [0, 0.05) is 18.2 Å². The summed E-state index contributed by atoms with van der Waals surface area (Å²) in [4.78, 5) is 20.2. The summed E-state index contributed by atoms with van der Waals surface area (Å²) in [5, 5.41) is 3.13. The van der Waals surface area contributed by atoms with E-state index in [1.165, 1.54) is 18.2 Å². The van der Waals surface area contributed by atoms with Crippen LogP contribution in [0.25, 0.3) is 11.4 Å². The van der Waals surface area contributed by atoms with Crippen LogP contribution in [-0.4, -0.2) is 22.4 Å². The van der Waals surface area contributed by atoms with Gasteiger partial charge in [0.25, 0.3) is 5.91 Å². The molecule has 3 N–H and O–H groups in total. The second-order valence-corrected chi connectivity index (χ2v) is 5.83. The first-order chi connectivity index (χ1) is 13.0. The van der Waals surface area contributed by atoms with E-state index in [2.05, 4.69) is 15.3 Å². The van der Waals surface area contributed by atoms with Crippen molar-refractivity contribution in [3.05, 3.63) is 66.1 Å². The van der Waals surface area contributed by atoms with Crippen molar-refractivity contribution in [3.8, 4) is 22.9 Å². The lowest BCUT2D eigenvalue weighted by Gasteiger charge is -2.09. The standard InChI is InChI=1S/C20H19FN4O2/c1-2-11-23-18-12-17(19(22)26)24-20(25-18)13-3-7-15(8-4-13)27-16-9-5-14(21)6-10-16/h3-10,12H,2,11H2,1H3,(H2,22,26)(H,23,24,25). The smallest absolute Gasteiger partial charge is 0.267 e. The minimum atomic E-state index is -0.616. The zero-order chi connectivity index (χ0) is 19.2. The Bertz CT molecular complexity index is 928. The van der Waals surface area contributed by atoms with Crippen LogP contribution in [0.5, 0.6) is 11.5 Å². The molecule has 2 aromatic carbocycles. The molecular weight excluding hydrogens is 347 g/mol. The fourth-order valence-corrected chi connectivity index (χ4v) is 2.36. The number of nitrogens with two attached hydrogens (primary N) is 1. The molecule has 3 aromatic rings. The molecule has 1 aromatic heterocycles. The summed E-state index contributed by atoms with van der Waals surface area (Å²) in [6.45, 7) is 2.75. The van der Waals surface area contributed by atoms with Crippen LogP contribution in [0.1, 0.15) is 23.8 Å². The molecule has 0 saturated carbocycles. The quantitative estimate of drug-likeness (QED) is 0.660. The van der Waals surface area contributed by atoms with E-state index in [-0.39, 0.29) is 11.5 Å². The van der Waals surface area contributed by atoms with Gasteiger partial charge in [-0.2, -0.15) is 0 Å². The lowest BCUT2D eigenvalue weighted by molar-refractivity contribution is 0.0995. The van der Waals surface area contributed by atoms with Crippen molar-refractivity contribution in [2.75, 3.05) is 11.9 Å². The molecule has 0 fully saturated rings. The van der Waals surface area contributed by atoms with Crippen LogP contribution in [-0.2, 0) is 0 Å². The second kappa shape index (κ2) is 8.27. The first-order valence-corrected chi connectivity index (χ1v) is 8.52. The number of carbonyl (C=O) groups is 1. The van der Waals surface area contributed by atoms with Crippen LogP contribution in [0.15, 0.2) is 54.6 Å². The zero-order valence-corrected chi connectivity index (χ0v) is 14.8. The predicted octanol–water partition coefficient (Wildman–Crippen LogP) is 4.00. The molecule has 3 rings (SSSR count). The Morgan fingerprint density at radius 1 is 1.07 bits per heavy atom. The number of hydrogen-bond acceptors (Lipinski definition) is 5. The number of aromatic nitrogens is 2. The second-order valence-electron chi connectivity index (χ2n) is 5.83. The molecule has 0 bridgehead atoms. The number of carbonyl (C=O) groups excluding carboxylic acids is 1. The van der Waals surface area contributed by atoms with E-state index in [9.17, 15) is 9.18 Å². The fourth-order valence-electron chi connectivity index (χ4n) is 2.36. The van der Waals surface area contributed by atoms with Gasteiger partial charge in [-0.1, -0.05) is 6.92 Å². The molecule has 1 heterocycles. The van der Waals surface area contributed by atoms with Crippen LogP contribution in [0, 0.1) is 5.82 Å². The van der Waals surface area contributed by atoms with Crippen molar-refractivity contribution in [2.24, 2.45) is 5.73 Å². The zero-order valence-electron chi connectivity index (χ0n) is 14.8.